The van der Waals surface area contributed by atoms with E-state index >= 15 is 0 Å². The van der Waals surface area contributed by atoms with Crippen molar-refractivity contribution in [3.8, 4) is 0 Å². The standard InChI is InChI=1S/C14H30O3Si/c1-8-10-13(15)17-12(9-2)11-16-18(6,7)14(3,4)5/h12H,8-11H2,1-7H3/t12-/m0/s1. The van der Waals surface area contributed by atoms with Gasteiger partial charge in [-0.1, -0.05) is 34.6 Å². The molecule has 0 saturated heterocycles. The van der Waals surface area contributed by atoms with Crippen LogP contribution in [0.5, 0.6) is 0 Å². The molecular formula is C14H30O3Si. The third-order valence-electron chi connectivity index (χ3n) is 3.64. The van der Waals surface area contributed by atoms with E-state index in [2.05, 4.69) is 33.9 Å². The van der Waals surface area contributed by atoms with Crippen molar-refractivity contribution in [1.29, 1.82) is 0 Å². The van der Waals surface area contributed by atoms with Crippen molar-refractivity contribution < 1.29 is 14.0 Å². The van der Waals surface area contributed by atoms with Crippen molar-refractivity contribution in [1.82, 2.24) is 0 Å². The Labute approximate surface area is 113 Å². The first kappa shape index (κ1) is 17.6. The summed E-state index contributed by atoms with van der Waals surface area (Å²) in [6, 6.07) is 0. The normalized spacial score (nSPS) is 14.4. The Morgan fingerprint density at radius 3 is 2.17 bits per heavy atom. The molecule has 0 rings (SSSR count). The zero-order chi connectivity index (χ0) is 14.4. The molecule has 0 N–H and O–H groups in total. The largest absolute Gasteiger partial charge is 0.460 e. The van der Waals surface area contributed by atoms with Crippen LogP contribution in [0.15, 0.2) is 0 Å². The maximum Gasteiger partial charge on any atom is 0.306 e. The van der Waals surface area contributed by atoms with E-state index < -0.39 is 8.32 Å². The van der Waals surface area contributed by atoms with E-state index in [9.17, 15) is 4.79 Å². The highest BCUT2D eigenvalue weighted by atomic mass is 28.4. The number of hydrogen-bond acceptors (Lipinski definition) is 3. The van der Waals surface area contributed by atoms with Gasteiger partial charge in [-0.3, -0.25) is 4.79 Å². The summed E-state index contributed by atoms with van der Waals surface area (Å²) < 4.78 is 11.5. The lowest BCUT2D eigenvalue weighted by molar-refractivity contribution is -0.150. The van der Waals surface area contributed by atoms with Crippen molar-refractivity contribution in [2.24, 2.45) is 0 Å². The molecule has 0 aromatic heterocycles. The van der Waals surface area contributed by atoms with Crippen LogP contribution in [-0.2, 0) is 14.0 Å². The average molecular weight is 274 g/mol. The molecule has 1 atom stereocenters. The van der Waals surface area contributed by atoms with Gasteiger partial charge < -0.3 is 9.16 Å². The third kappa shape index (κ3) is 6.00. The maximum atomic E-state index is 11.5. The van der Waals surface area contributed by atoms with Crippen LogP contribution in [0.2, 0.25) is 18.1 Å². The van der Waals surface area contributed by atoms with E-state index in [-0.39, 0.29) is 17.1 Å². The highest BCUT2D eigenvalue weighted by Gasteiger charge is 2.37. The number of ether oxygens (including phenoxy) is 1. The minimum absolute atomic E-state index is 0.0989. The number of hydrogen-bond donors (Lipinski definition) is 0. The fraction of sp³-hybridized carbons (Fsp3) is 0.929. The molecule has 0 amide bonds. The summed E-state index contributed by atoms with van der Waals surface area (Å²) in [5.74, 6) is -0.108. The van der Waals surface area contributed by atoms with Gasteiger partial charge in [-0.2, -0.15) is 0 Å². The smallest absolute Gasteiger partial charge is 0.306 e. The molecule has 0 fully saturated rings. The van der Waals surface area contributed by atoms with Crippen molar-refractivity contribution in [2.75, 3.05) is 6.61 Å². The van der Waals surface area contributed by atoms with Gasteiger partial charge in [-0.25, -0.2) is 0 Å². The Morgan fingerprint density at radius 1 is 1.22 bits per heavy atom. The van der Waals surface area contributed by atoms with Crippen molar-refractivity contribution in [3.63, 3.8) is 0 Å². The van der Waals surface area contributed by atoms with Crippen LogP contribution >= 0.6 is 0 Å². The van der Waals surface area contributed by atoms with Crippen LogP contribution < -0.4 is 0 Å². The van der Waals surface area contributed by atoms with Crippen LogP contribution in [0.1, 0.15) is 53.9 Å². The second kappa shape index (κ2) is 7.29. The topological polar surface area (TPSA) is 35.5 Å². The fourth-order valence-electron chi connectivity index (χ4n) is 1.20. The summed E-state index contributed by atoms with van der Waals surface area (Å²) in [7, 11) is -1.74. The summed E-state index contributed by atoms with van der Waals surface area (Å²) >= 11 is 0. The van der Waals surface area contributed by atoms with Crippen molar-refractivity contribution >= 4 is 14.3 Å². The Balaban J connectivity index is 4.27. The van der Waals surface area contributed by atoms with Gasteiger partial charge >= 0.3 is 5.97 Å². The second-order valence-electron chi connectivity index (χ2n) is 6.34. The van der Waals surface area contributed by atoms with Gasteiger partial charge in [0.25, 0.3) is 0 Å². The molecule has 3 nitrogen and oxygen atoms in total. The lowest BCUT2D eigenvalue weighted by atomic mass is 10.2. The summed E-state index contributed by atoms with van der Waals surface area (Å²) in [6.45, 7) is 15.6. The number of rotatable bonds is 7. The Bertz CT molecular complexity index is 256. The van der Waals surface area contributed by atoms with Gasteiger partial charge in [-0.05, 0) is 31.0 Å². The first-order chi connectivity index (χ1) is 8.14. The zero-order valence-electron chi connectivity index (χ0n) is 13.1. The summed E-state index contributed by atoms with van der Waals surface area (Å²) in [5.41, 5.74) is 0. The fourth-order valence-corrected chi connectivity index (χ4v) is 2.24. The molecule has 0 spiro atoms. The molecule has 0 saturated carbocycles. The number of carbonyl (C=O) groups excluding carboxylic acids is 1. The predicted molar refractivity (Wildman–Crippen MR) is 78.2 cm³/mol. The number of esters is 1. The molecule has 4 heteroatoms. The minimum atomic E-state index is -1.74. The van der Waals surface area contributed by atoms with Gasteiger partial charge in [0.2, 0.25) is 0 Å². The second-order valence-corrected chi connectivity index (χ2v) is 11.2. The lowest BCUT2D eigenvalue weighted by Gasteiger charge is -2.37. The summed E-state index contributed by atoms with van der Waals surface area (Å²) in [6.07, 6.45) is 2.04. The molecule has 0 aromatic carbocycles. The van der Waals surface area contributed by atoms with Crippen LogP contribution in [0.25, 0.3) is 0 Å². The number of carbonyl (C=O) groups is 1. The molecule has 0 aromatic rings. The SMILES string of the molecule is CCCC(=O)O[C@@H](CC)CO[Si](C)(C)C(C)(C)C. The molecular weight excluding hydrogens is 244 g/mol. The molecule has 0 radical (unpaired) electrons. The van der Waals surface area contributed by atoms with E-state index in [1.807, 2.05) is 13.8 Å². The van der Waals surface area contributed by atoms with Crippen molar-refractivity contribution in [3.05, 3.63) is 0 Å². The molecule has 0 unspecified atom stereocenters. The molecule has 108 valence electrons. The van der Waals surface area contributed by atoms with Gasteiger partial charge in [0.05, 0.1) is 6.61 Å². The third-order valence-corrected chi connectivity index (χ3v) is 8.14. The van der Waals surface area contributed by atoms with E-state index in [1.54, 1.807) is 0 Å². The van der Waals surface area contributed by atoms with Gasteiger partial charge in [0.15, 0.2) is 8.32 Å². The van der Waals surface area contributed by atoms with Gasteiger partial charge in [-0.15, -0.1) is 0 Å². The summed E-state index contributed by atoms with van der Waals surface area (Å²) in [4.78, 5) is 11.5. The minimum Gasteiger partial charge on any atom is -0.460 e. The highest BCUT2D eigenvalue weighted by Crippen LogP contribution is 2.36. The molecule has 0 aliphatic carbocycles. The molecule has 0 heterocycles. The maximum absolute atomic E-state index is 11.5. The van der Waals surface area contributed by atoms with E-state index in [0.29, 0.717) is 13.0 Å². The zero-order valence-corrected chi connectivity index (χ0v) is 14.1. The van der Waals surface area contributed by atoms with Crippen LogP contribution in [0.3, 0.4) is 0 Å². The molecule has 18 heavy (non-hydrogen) atoms. The first-order valence-corrected chi connectivity index (χ1v) is 9.88. The van der Waals surface area contributed by atoms with Gasteiger partial charge in [0, 0.05) is 6.42 Å². The van der Waals surface area contributed by atoms with Gasteiger partial charge in [0.1, 0.15) is 6.10 Å². The average Bonchev–Trinajstić information content (AvgIpc) is 2.22. The lowest BCUT2D eigenvalue weighted by Crippen LogP contribution is -2.43. The first-order valence-electron chi connectivity index (χ1n) is 6.97. The summed E-state index contributed by atoms with van der Waals surface area (Å²) in [5, 5.41) is 0.193. The quantitative estimate of drug-likeness (QED) is 0.517. The van der Waals surface area contributed by atoms with E-state index in [0.717, 1.165) is 12.8 Å². The van der Waals surface area contributed by atoms with E-state index in [1.165, 1.54) is 0 Å². The van der Waals surface area contributed by atoms with Crippen LogP contribution in [0.4, 0.5) is 0 Å². The van der Waals surface area contributed by atoms with Crippen LogP contribution in [-0.4, -0.2) is 27.0 Å². The molecule has 0 aliphatic rings. The van der Waals surface area contributed by atoms with Crippen molar-refractivity contribution in [2.45, 2.75) is 78.1 Å². The van der Waals surface area contributed by atoms with Crippen LogP contribution in [0, 0.1) is 0 Å². The Morgan fingerprint density at radius 2 is 1.78 bits per heavy atom. The monoisotopic (exact) mass is 274 g/mol. The highest BCUT2D eigenvalue weighted by molar-refractivity contribution is 6.74. The Kier molecular flexibility index (Phi) is 7.15. The molecule has 0 aliphatic heterocycles. The molecule has 0 bridgehead atoms. The Hall–Kier alpha value is -0.353. The van der Waals surface area contributed by atoms with E-state index in [4.69, 9.17) is 9.16 Å². The predicted octanol–water partition coefficient (Wildman–Crippen LogP) is 4.13.